The molecule has 0 aliphatic carbocycles. The number of nitrogens with one attached hydrogen (secondary N) is 1. The highest BCUT2D eigenvalue weighted by atomic mass is 32.2. The molecule has 0 aromatic carbocycles. The molecule has 1 aliphatic heterocycles. The normalized spacial score (nSPS) is 16.1. The number of carbonyl (C=O) groups excluding carboxylic acids is 1. The van der Waals surface area contributed by atoms with Crippen LogP contribution in [0.15, 0.2) is 18.3 Å². The first-order valence-corrected chi connectivity index (χ1v) is 7.53. The average molecular weight is 281 g/mol. The van der Waals surface area contributed by atoms with Crippen molar-refractivity contribution in [2.75, 3.05) is 50.1 Å². The number of carbonyl (C=O) groups is 1. The minimum Gasteiger partial charge on any atom is -0.465 e. The first-order chi connectivity index (χ1) is 9.29. The largest absolute Gasteiger partial charge is 0.465 e. The van der Waals surface area contributed by atoms with Crippen molar-refractivity contribution in [3.05, 3.63) is 23.9 Å². The third-order valence-corrected chi connectivity index (χ3v) is 3.96. The molecule has 1 fully saturated rings. The van der Waals surface area contributed by atoms with Crippen molar-refractivity contribution in [1.29, 1.82) is 0 Å². The minimum absolute atomic E-state index is 0.335. The zero-order valence-electron chi connectivity index (χ0n) is 11.1. The predicted molar refractivity (Wildman–Crippen MR) is 77.8 cm³/mol. The fourth-order valence-electron chi connectivity index (χ4n) is 1.94. The number of nitrogens with zero attached hydrogens (tertiary/aromatic N) is 2. The van der Waals surface area contributed by atoms with Gasteiger partial charge in [-0.1, -0.05) is 0 Å². The van der Waals surface area contributed by atoms with E-state index in [9.17, 15) is 4.79 Å². The number of esters is 1. The van der Waals surface area contributed by atoms with Gasteiger partial charge in [-0.3, -0.25) is 4.90 Å². The topological polar surface area (TPSA) is 54.5 Å². The lowest BCUT2D eigenvalue weighted by Gasteiger charge is -2.26. The summed E-state index contributed by atoms with van der Waals surface area (Å²) < 4.78 is 4.69. The standard InChI is InChI=1S/C13H19N3O2S/c1-18-13(17)11-2-3-14-12(10-11)15-4-5-16-6-8-19-9-7-16/h2-3,10H,4-9H2,1H3,(H,14,15). The van der Waals surface area contributed by atoms with E-state index >= 15 is 0 Å². The molecule has 1 aromatic rings. The highest BCUT2D eigenvalue weighted by Crippen LogP contribution is 2.10. The molecule has 0 atom stereocenters. The van der Waals surface area contributed by atoms with Crippen LogP contribution >= 0.6 is 11.8 Å². The van der Waals surface area contributed by atoms with Crippen LogP contribution in [0.5, 0.6) is 0 Å². The van der Waals surface area contributed by atoms with E-state index in [-0.39, 0.29) is 5.97 Å². The number of thioether (sulfide) groups is 1. The van der Waals surface area contributed by atoms with Gasteiger partial charge >= 0.3 is 5.97 Å². The van der Waals surface area contributed by atoms with E-state index < -0.39 is 0 Å². The summed E-state index contributed by atoms with van der Waals surface area (Å²) >= 11 is 2.01. The van der Waals surface area contributed by atoms with Gasteiger partial charge in [0.25, 0.3) is 0 Å². The maximum atomic E-state index is 11.4. The lowest BCUT2D eigenvalue weighted by atomic mass is 10.2. The molecule has 1 aliphatic rings. The molecule has 6 heteroatoms. The first kappa shape index (κ1) is 14.1. The van der Waals surface area contributed by atoms with E-state index in [1.807, 2.05) is 11.8 Å². The highest BCUT2D eigenvalue weighted by Gasteiger charge is 2.10. The Morgan fingerprint density at radius 3 is 3.05 bits per heavy atom. The number of aromatic nitrogens is 1. The Labute approximate surface area is 117 Å². The van der Waals surface area contributed by atoms with Gasteiger partial charge in [0.05, 0.1) is 12.7 Å². The fraction of sp³-hybridized carbons (Fsp3) is 0.538. The molecule has 0 unspecified atom stereocenters. The molecule has 0 saturated carbocycles. The van der Waals surface area contributed by atoms with Gasteiger partial charge in [-0.25, -0.2) is 9.78 Å². The lowest BCUT2D eigenvalue weighted by Crippen LogP contribution is -2.36. The van der Waals surface area contributed by atoms with E-state index in [2.05, 4.69) is 19.9 Å². The highest BCUT2D eigenvalue weighted by molar-refractivity contribution is 7.99. The van der Waals surface area contributed by atoms with E-state index in [0.29, 0.717) is 11.4 Å². The van der Waals surface area contributed by atoms with Crippen molar-refractivity contribution in [1.82, 2.24) is 9.88 Å². The monoisotopic (exact) mass is 281 g/mol. The Hall–Kier alpha value is -1.27. The number of pyridine rings is 1. The summed E-state index contributed by atoms with van der Waals surface area (Å²) in [4.78, 5) is 18.0. The summed E-state index contributed by atoms with van der Waals surface area (Å²) in [5, 5.41) is 3.24. The maximum Gasteiger partial charge on any atom is 0.338 e. The molecule has 0 bridgehead atoms. The molecule has 19 heavy (non-hydrogen) atoms. The summed E-state index contributed by atoms with van der Waals surface area (Å²) in [6.07, 6.45) is 1.62. The van der Waals surface area contributed by atoms with Crippen molar-refractivity contribution in [2.45, 2.75) is 0 Å². The van der Waals surface area contributed by atoms with Crippen LogP contribution in [0.2, 0.25) is 0 Å². The van der Waals surface area contributed by atoms with Crippen molar-refractivity contribution in [2.24, 2.45) is 0 Å². The van der Waals surface area contributed by atoms with Crippen molar-refractivity contribution < 1.29 is 9.53 Å². The van der Waals surface area contributed by atoms with Crippen molar-refractivity contribution in [3.63, 3.8) is 0 Å². The summed E-state index contributed by atoms with van der Waals surface area (Å²) in [6.45, 7) is 4.15. The number of hydrogen-bond acceptors (Lipinski definition) is 6. The second kappa shape index (κ2) is 7.35. The molecule has 2 heterocycles. The number of methoxy groups -OCH3 is 1. The predicted octanol–water partition coefficient (Wildman–Crippen LogP) is 1.33. The van der Waals surface area contributed by atoms with Crippen LogP contribution in [0.25, 0.3) is 0 Å². The summed E-state index contributed by atoms with van der Waals surface area (Å²) in [5.41, 5.74) is 0.523. The minimum atomic E-state index is -0.335. The number of ether oxygens (including phenoxy) is 1. The van der Waals surface area contributed by atoms with Crippen molar-refractivity contribution in [3.8, 4) is 0 Å². The van der Waals surface area contributed by atoms with Crippen LogP contribution in [-0.2, 0) is 4.74 Å². The van der Waals surface area contributed by atoms with Gasteiger partial charge in [0.15, 0.2) is 0 Å². The van der Waals surface area contributed by atoms with E-state index in [4.69, 9.17) is 0 Å². The second-order valence-electron chi connectivity index (χ2n) is 4.30. The maximum absolute atomic E-state index is 11.4. The van der Waals surface area contributed by atoms with Gasteiger partial charge in [0.1, 0.15) is 5.82 Å². The number of rotatable bonds is 5. The third-order valence-electron chi connectivity index (χ3n) is 3.02. The summed E-state index contributed by atoms with van der Waals surface area (Å²) in [7, 11) is 1.38. The SMILES string of the molecule is COC(=O)c1ccnc(NCCN2CCSCC2)c1. The van der Waals surface area contributed by atoms with Gasteiger partial charge in [0, 0.05) is 43.9 Å². The molecule has 104 valence electrons. The van der Waals surface area contributed by atoms with E-state index in [1.165, 1.54) is 18.6 Å². The molecular formula is C13H19N3O2S. The fourth-order valence-corrected chi connectivity index (χ4v) is 2.92. The van der Waals surface area contributed by atoms with Gasteiger partial charge < -0.3 is 10.1 Å². The smallest absolute Gasteiger partial charge is 0.338 e. The molecule has 5 nitrogen and oxygen atoms in total. The third kappa shape index (κ3) is 4.40. The van der Waals surface area contributed by atoms with Gasteiger partial charge in [-0.2, -0.15) is 11.8 Å². The Morgan fingerprint density at radius 2 is 2.32 bits per heavy atom. The molecule has 0 radical (unpaired) electrons. The first-order valence-electron chi connectivity index (χ1n) is 6.38. The van der Waals surface area contributed by atoms with Crippen LogP contribution in [0.4, 0.5) is 5.82 Å². The Morgan fingerprint density at radius 1 is 1.53 bits per heavy atom. The zero-order valence-corrected chi connectivity index (χ0v) is 11.9. The van der Waals surface area contributed by atoms with Gasteiger partial charge in [0.2, 0.25) is 0 Å². The van der Waals surface area contributed by atoms with Crippen molar-refractivity contribution >= 4 is 23.5 Å². The summed E-state index contributed by atoms with van der Waals surface area (Å²) in [5.74, 6) is 2.82. The van der Waals surface area contributed by atoms with E-state index in [0.717, 1.165) is 26.2 Å². The number of anilines is 1. The molecule has 0 spiro atoms. The van der Waals surface area contributed by atoms with E-state index in [1.54, 1.807) is 18.3 Å². The van der Waals surface area contributed by atoms with Crippen LogP contribution in [-0.4, -0.2) is 60.6 Å². The van der Waals surface area contributed by atoms with Crippen LogP contribution in [0.3, 0.4) is 0 Å². The second-order valence-corrected chi connectivity index (χ2v) is 5.53. The zero-order chi connectivity index (χ0) is 13.5. The Kier molecular flexibility index (Phi) is 5.47. The summed E-state index contributed by atoms with van der Waals surface area (Å²) in [6, 6.07) is 3.37. The van der Waals surface area contributed by atoms with Gasteiger partial charge in [-0.15, -0.1) is 0 Å². The van der Waals surface area contributed by atoms with Crippen LogP contribution in [0, 0.1) is 0 Å². The quantitative estimate of drug-likeness (QED) is 0.822. The molecule has 1 aromatic heterocycles. The Balaban J connectivity index is 1.80. The molecule has 1 saturated heterocycles. The molecular weight excluding hydrogens is 262 g/mol. The molecule has 0 amide bonds. The van der Waals surface area contributed by atoms with Gasteiger partial charge in [-0.05, 0) is 12.1 Å². The Bertz CT molecular complexity index is 422. The average Bonchev–Trinajstić information content (AvgIpc) is 2.48. The van der Waals surface area contributed by atoms with Crippen LogP contribution in [0.1, 0.15) is 10.4 Å². The lowest BCUT2D eigenvalue weighted by molar-refractivity contribution is 0.0600. The van der Waals surface area contributed by atoms with Crippen LogP contribution < -0.4 is 5.32 Å². The molecule has 1 N–H and O–H groups in total. The molecule has 2 rings (SSSR count). The number of hydrogen-bond donors (Lipinski definition) is 1.